The van der Waals surface area contributed by atoms with Gasteiger partial charge in [0.1, 0.15) is 5.69 Å². The molecule has 0 aliphatic carbocycles. The average Bonchev–Trinajstić information content (AvgIpc) is 2.30. The summed E-state index contributed by atoms with van der Waals surface area (Å²) in [5.74, 6) is 0.846. The van der Waals surface area contributed by atoms with Gasteiger partial charge in [0.25, 0.3) is 0 Å². The van der Waals surface area contributed by atoms with Gasteiger partial charge in [0, 0.05) is 12.4 Å². The molecule has 2 aromatic rings. The van der Waals surface area contributed by atoms with Crippen LogP contribution in [0.15, 0.2) is 30.6 Å². The third-order valence-electron chi connectivity index (χ3n) is 1.82. The maximum Gasteiger partial charge on any atom is 0.179 e. The molecule has 3 nitrogen and oxygen atoms in total. The minimum Gasteiger partial charge on any atom is -0.251 e. The highest BCUT2D eigenvalue weighted by Gasteiger charge is 2.07. The number of nitrogens with zero attached hydrogens (tertiary/aromatic N) is 3. The molecule has 2 rings (SSSR count). The quantitative estimate of drug-likeness (QED) is 0.757. The molecule has 0 bridgehead atoms. The zero-order valence-corrected chi connectivity index (χ0v) is 9.20. The molecule has 0 aliphatic rings. The lowest BCUT2D eigenvalue weighted by Crippen LogP contribution is -1.95. The first-order chi connectivity index (χ1) is 7.31. The lowest BCUT2D eigenvalue weighted by molar-refractivity contribution is 1.07. The van der Waals surface area contributed by atoms with E-state index in [2.05, 4.69) is 15.0 Å². The van der Waals surface area contributed by atoms with E-state index in [9.17, 15) is 0 Å². The van der Waals surface area contributed by atoms with E-state index in [1.54, 1.807) is 30.6 Å². The van der Waals surface area contributed by atoms with Crippen molar-refractivity contribution in [2.75, 3.05) is 0 Å². The van der Waals surface area contributed by atoms with E-state index in [0.717, 1.165) is 5.69 Å². The van der Waals surface area contributed by atoms with E-state index in [4.69, 9.17) is 23.2 Å². The first kappa shape index (κ1) is 10.3. The SMILES string of the molecule is ClCc1ccnc(-c2ncccc2Cl)n1. The van der Waals surface area contributed by atoms with Crippen LogP contribution in [0.25, 0.3) is 11.5 Å². The number of rotatable bonds is 2. The van der Waals surface area contributed by atoms with Crippen molar-refractivity contribution in [2.24, 2.45) is 0 Å². The van der Waals surface area contributed by atoms with Gasteiger partial charge in [-0.3, -0.25) is 4.98 Å². The highest BCUT2D eigenvalue weighted by Crippen LogP contribution is 2.21. The van der Waals surface area contributed by atoms with Crippen LogP contribution in [-0.4, -0.2) is 15.0 Å². The summed E-state index contributed by atoms with van der Waals surface area (Å²) < 4.78 is 0. The molecule has 0 fully saturated rings. The molecule has 0 saturated carbocycles. The highest BCUT2D eigenvalue weighted by atomic mass is 35.5. The smallest absolute Gasteiger partial charge is 0.179 e. The summed E-state index contributed by atoms with van der Waals surface area (Å²) in [7, 11) is 0. The summed E-state index contributed by atoms with van der Waals surface area (Å²) >= 11 is 11.7. The predicted molar refractivity (Wildman–Crippen MR) is 59.8 cm³/mol. The highest BCUT2D eigenvalue weighted by molar-refractivity contribution is 6.32. The first-order valence-electron chi connectivity index (χ1n) is 4.30. The Morgan fingerprint density at radius 1 is 1.13 bits per heavy atom. The minimum absolute atomic E-state index is 0.347. The van der Waals surface area contributed by atoms with Crippen molar-refractivity contribution in [3.63, 3.8) is 0 Å². The van der Waals surface area contributed by atoms with Crippen LogP contribution in [0.4, 0.5) is 0 Å². The van der Waals surface area contributed by atoms with Crippen molar-refractivity contribution < 1.29 is 0 Å². The molecule has 0 saturated heterocycles. The molecule has 0 unspecified atom stereocenters. The van der Waals surface area contributed by atoms with Gasteiger partial charge in [0.2, 0.25) is 0 Å². The topological polar surface area (TPSA) is 38.7 Å². The van der Waals surface area contributed by atoms with Crippen molar-refractivity contribution in [3.05, 3.63) is 41.3 Å². The molecule has 0 amide bonds. The molecule has 0 aliphatic heterocycles. The summed E-state index contributed by atoms with van der Waals surface area (Å²) in [6, 6.07) is 5.27. The Kier molecular flexibility index (Phi) is 3.14. The number of halogens is 2. The van der Waals surface area contributed by atoms with Crippen LogP contribution >= 0.6 is 23.2 Å². The molecule has 0 atom stereocenters. The summed E-state index contributed by atoms with van der Waals surface area (Å²) in [6.45, 7) is 0. The fraction of sp³-hybridized carbons (Fsp3) is 0.100. The zero-order chi connectivity index (χ0) is 10.7. The van der Waals surface area contributed by atoms with Gasteiger partial charge in [-0.1, -0.05) is 11.6 Å². The molecule has 0 N–H and O–H groups in total. The second-order valence-corrected chi connectivity index (χ2v) is 3.51. The van der Waals surface area contributed by atoms with Gasteiger partial charge in [0.15, 0.2) is 5.82 Å². The van der Waals surface area contributed by atoms with Gasteiger partial charge >= 0.3 is 0 Å². The Morgan fingerprint density at radius 3 is 2.73 bits per heavy atom. The number of hydrogen-bond donors (Lipinski definition) is 0. The molecule has 2 heterocycles. The Hall–Kier alpha value is -1.19. The lowest BCUT2D eigenvalue weighted by atomic mass is 10.3. The van der Waals surface area contributed by atoms with Crippen LogP contribution in [0, 0.1) is 0 Å². The van der Waals surface area contributed by atoms with E-state index in [1.165, 1.54) is 0 Å². The molecule has 2 aromatic heterocycles. The number of aromatic nitrogens is 3. The zero-order valence-electron chi connectivity index (χ0n) is 7.69. The van der Waals surface area contributed by atoms with Gasteiger partial charge in [-0.2, -0.15) is 0 Å². The molecule has 5 heteroatoms. The van der Waals surface area contributed by atoms with Gasteiger partial charge in [-0.05, 0) is 18.2 Å². The Labute approximate surface area is 97.1 Å². The monoisotopic (exact) mass is 239 g/mol. The largest absolute Gasteiger partial charge is 0.251 e. The summed E-state index contributed by atoms with van der Waals surface area (Å²) in [6.07, 6.45) is 3.29. The van der Waals surface area contributed by atoms with Gasteiger partial charge < -0.3 is 0 Å². The van der Waals surface area contributed by atoms with Crippen LogP contribution in [0.2, 0.25) is 5.02 Å². The second kappa shape index (κ2) is 4.55. The number of pyridine rings is 1. The number of alkyl halides is 1. The van der Waals surface area contributed by atoms with E-state index >= 15 is 0 Å². The molecular weight excluding hydrogens is 233 g/mol. The molecule has 76 valence electrons. The maximum atomic E-state index is 5.98. The third kappa shape index (κ3) is 2.25. The van der Waals surface area contributed by atoms with E-state index in [1.807, 2.05) is 0 Å². The van der Waals surface area contributed by atoms with Crippen molar-refractivity contribution in [3.8, 4) is 11.5 Å². The van der Waals surface area contributed by atoms with Crippen molar-refractivity contribution in [1.29, 1.82) is 0 Å². The van der Waals surface area contributed by atoms with Crippen molar-refractivity contribution in [1.82, 2.24) is 15.0 Å². The van der Waals surface area contributed by atoms with E-state index in [0.29, 0.717) is 22.4 Å². The predicted octanol–water partition coefficient (Wildman–Crippen LogP) is 2.93. The van der Waals surface area contributed by atoms with Crippen molar-refractivity contribution in [2.45, 2.75) is 5.88 Å². The fourth-order valence-corrected chi connectivity index (χ4v) is 1.49. The molecular formula is C10H7Cl2N3. The standard InChI is InChI=1S/C10H7Cl2N3/c11-6-7-3-5-14-10(15-7)9-8(12)2-1-4-13-9/h1-5H,6H2. The summed E-state index contributed by atoms with van der Waals surface area (Å²) in [5, 5.41) is 0.532. The normalized spacial score (nSPS) is 10.3. The first-order valence-corrected chi connectivity index (χ1v) is 5.21. The van der Waals surface area contributed by atoms with Gasteiger partial charge in [-0.15, -0.1) is 11.6 Å². The van der Waals surface area contributed by atoms with Crippen LogP contribution in [0.1, 0.15) is 5.69 Å². The molecule has 0 spiro atoms. The molecule has 15 heavy (non-hydrogen) atoms. The molecule has 0 aromatic carbocycles. The van der Waals surface area contributed by atoms with Crippen LogP contribution in [-0.2, 0) is 5.88 Å². The Morgan fingerprint density at radius 2 is 2.00 bits per heavy atom. The Bertz CT molecular complexity index is 474. The van der Waals surface area contributed by atoms with E-state index in [-0.39, 0.29) is 0 Å². The van der Waals surface area contributed by atoms with Gasteiger partial charge in [-0.25, -0.2) is 9.97 Å². The van der Waals surface area contributed by atoms with Crippen LogP contribution in [0.5, 0.6) is 0 Å². The Balaban J connectivity index is 2.49. The van der Waals surface area contributed by atoms with E-state index < -0.39 is 0 Å². The third-order valence-corrected chi connectivity index (χ3v) is 2.40. The van der Waals surface area contributed by atoms with Crippen molar-refractivity contribution >= 4 is 23.2 Å². The summed E-state index contributed by atoms with van der Waals surface area (Å²) in [5.41, 5.74) is 1.33. The van der Waals surface area contributed by atoms with Gasteiger partial charge in [0.05, 0.1) is 16.6 Å². The lowest BCUT2D eigenvalue weighted by Gasteiger charge is -2.02. The van der Waals surface area contributed by atoms with Crippen LogP contribution < -0.4 is 0 Å². The van der Waals surface area contributed by atoms with Crippen LogP contribution in [0.3, 0.4) is 0 Å². The fourth-order valence-electron chi connectivity index (χ4n) is 1.13. The number of hydrogen-bond acceptors (Lipinski definition) is 3. The molecule has 0 radical (unpaired) electrons. The maximum absolute atomic E-state index is 5.98. The second-order valence-electron chi connectivity index (χ2n) is 2.84. The summed E-state index contributed by atoms with van der Waals surface area (Å²) in [4.78, 5) is 12.5. The minimum atomic E-state index is 0.347. The average molecular weight is 240 g/mol.